The summed E-state index contributed by atoms with van der Waals surface area (Å²) in [6, 6.07) is 0. The van der Waals surface area contributed by atoms with Gasteiger partial charge in [-0.25, -0.2) is 4.57 Å². The molecule has 0 aromatic carbocycles. The third-order valence-corrected chi connectivity index (χ3v) is 11.7. The van der Waals surface area contributed by atoms with E-state index in [1.165, 1.54) is 77.0 Å². The average Bonchev–Trinajstić information content (AvgIpc) is 3.23. The molecular weight excluding hydrogens is 787 g/mol. The van der Waals surface area contributed by atoms with Crippen LogP contribution >= 0.6 is 7.82 Å². The second kappa shape index (κ2) is 37.8. The van der Waals surface area contributed by atoms with Gasteiger partial charge in [-0.05, 0) is 51.4 Å². The van der Waals surface area contributed by atoms with Crippen LogP contribution in [0, 0.1) is 0 Å². The summed E-state index contributed by atoms with van der Waals surface area (Å²) in [5.74, 6) is -0.486. The highest BCUT2D eigenvalue weighted by molar-refractivity contribution is 7.47. The first kappa shape index (κ1) is 56.3. The van der Waals surface area contributed by atoms with E-state index in [1.54, 1.807) is 0 Å². The minimum atomic E-state index is -5.02. The number of rotatable bonds is 39. The predicted molar refractivity (Wildman–Crippen MR) is 239 cm³/mol. The summed E-state index contributed by atoms with van der Waals surface area (Å²) in [5.41, 5.74) is 0. The van der Waals surface area contributed by atoms with Gasteiger partial charge in [-0.3, -0.25) is 13.8 Å². The van der Waals surface area contributed by atoms with E-state index in [9.17, 15) is 39.8 Å². The number of phosphoric acid groups is 1. The first-order chi connectivity index (χ1) is 29.0. The molecule has 6 atom stereocenters. The highest BCUT2D eigenvalue weighted by Crippen LogP contribution is 2.47. The van der Waals surface area contributed by atoms with Crippen LogP contribution in [0.4, 0.5) is 0 Å². The number of allylic oxidation sites excluding steroid dienone is 8. The van der Waals surface area contributed by atoms with Crippen LogP contribution in [0.1, 0.15) is 181 Å². The van der Waals surface area contributed by atoms with E-state index in [0.29, 0.717) is 13.0 Å². The van der Waals surface area contributed by atoms with Gasteiger partial charge < -0.3 is 39.9 Å². The van der Waals surface area contributed by atoms with Crippen molar-refractivity contribution >= 4 is 13.8 Å². The van der Waals surface area contributed by atoms with Gasteiger partial charge in [0.15, 0.2) is 0 Å². The number of aliphatic hydroxyl groups excluding tert-OH is 5. The Morgan fingerprint density at radius 3 is 1.50 bits per heavy atom. The SMILES string of the molecule is CC/C=C\C/C=C\C/C=C\C/C=C\CCCCCCCCCCC(=O)OC(COCCCCCCCCCCCCCC)COP(=O)(O)OC1C(O)C(O)C(O)C(O)C1O. The molecular formula is C47H85O12P. The van der Waals surface area contributed by atoms with Crippen molar-refractivity contribution in [2.75, 3.05) is 19.8 Å². The number of aliphatic hydroxyl groups is 5. The van der Waals surface area contributed by atoms with Gasteiger partial charge in [0.1, 0.15) is 42.7 Å². The maximum atomic E-state index is 12.8. The van der Waals surface area contributed by atoms with Crippen LogP contribution in [0.25, 0.3) is 0 Å². The summed E-state index contributed by atoms with van der Waals surface area (Å²) in [4.78, 5) is 23.2. The van der Waals surface area contributed by atoms with Gasteiger partial charge in [-0.1, -0.05) is 172 Å². The molecule has 6 N–H and O–H groups in total. The zero-order valence-electron chi connectivity index (χ0n) is 37.2. The molecule has 0 spiro atoms. The Bertz CT molecular complexity index is 1180. The van der Waals surface area contributed by atoms with E-state index in [2.05, 4.69) is 62.5 Å². The molecule has 0 radical (unpaired) electrons. The van der Waals surface area contributed by atoms with Gasteiger partial charge in [-0.2, -0.15) is 0 Å². The normalized spacial score (nSPS) is 22.7. The molecule has 0 heterocycles. The molecule has 1 aliphatic carbocycles. The van der Waals surface area contributed by atoms with Crippen molar-refractivity contribution in [3.63, 3.8) is 0 Å². The topological polar surface area (TPSA) is 192 Å². The van der Waals surface area contributed by atoms with E-state index >= 15 is 0 Å². The van der Waals surface area contributed by atoms with Gasteiger partial charge >= 0.3 is 13.8 Å². The fourth-order valence-corrected chi connectivity index (χ4v) is 7.97. The molecule has 0 saturated heterocycles. The smallest absolute Gasteiger partial charge is 0.457 e. The fraction of sp³-hybridized carbons (Fsp3) is 0.809. The summed E-state index contributed by atoms with van der Waals surface area (Å²) in [5, 5.41) is 50.2. The molecule has 60 heavy (non-hydrogen) atoms. The van der Waals surface area contributed by atoms with Gasteiger partial charge in [0.05, 0.1) is 13.2 Å². The highest BCUT2D eigenvalue weighted by atomic mass is 31.2. The molecule has 0 aliphatic heterocycles. The van der Waals surface area contributed by atoms with E-state index < -0.39 is 63.1 Å². The van der Waals surface area contributed by atoms with Gasteiger partial charge in [0.2, 0.25) is 0 Å². The largest absolute Gasteiger partial charge is 0.472 e. The van der Waals surface area contributed by atoms with Gasteiger partial charge in [0.25, 0.3) is 0 Å². The molecule has 0 bridgehead atoms. The van der Waals surface area contributed by atoms with E-state index in [1.807, 2.05) is 0 Å². The molecule has 1 saturated carbocycles. The Hall–Kier alpha value is -1.70. The summed E-state index contributed by atoms with van der Waals surface area (Å²) in [6.45, 7) is 4.14. The van der Waals surface area contributed by atoms with Crippen LogP contribution in [0.15, 0.2) is 48.6 Å². The molecule has 13 heteroatoms. The maximum absolute atomic E-state index is 12.8. The average molecular weight is 873 g/mol. The first-order valence-electron chi connectivity index (χ1n) is 23.5. The molecule has 1 rings (SSSR count). The van der Waals surface area contributed by atoms with Crippen molar-refractivity contribution in [2.24, 2.45) is 0 Å². The molecule has 1 fully saturated rings. The van der Waals surface area contributed by atoms with Gasteiger partial charge in [0, 0.05) is 13.0 Å². The number of carbonyl (C=O) groups is 1. The Morgan fingerprint density at radius 1 is 0.550 bits per heavy atom. The number of ether oxygens (including phenoxy) is 2. The molecule has 350 valence electrons. The van der Waals surface area contributed by atoms with Crippen LogP contribution in [-0.4, -0.2) is 98.9 Å². The maximum Gasteiger partial charge on any atom is 0.472 e. The lowest BCUT2D eigenvalue weighted by atomic mass is 9.85. The third-order valence-electron chi connectivity index (χ3n) is 10.7. The minimum Gasteiger partial charge on any atom is -0.457 e. The van der Waals surface area contributed by atoms with Gasteiger partial charge in [-0.15, -0.1) is 0 Å². The van der Waals surface area contributed by atoms with Crippen molar-refractivity contribution < 1.29 is 58.3 Å². The molecule has 0 amide bonds. The zero-order valence-corrected chi connectivity index (χ0v) is 38.1. The minimum absolute atomic E-state index is 0.0790. The van der Waals surface area contributed by atoms with Crippen LogP contribution in [-0.2, 0) is 27.9 Å². The Morgan fingerprint density at radius 2 is 0.983 bits per heavy atom. The molecule has 12 nitrogen and oxygen atoms in total. The number of carbonyl (C=O) groups excluding carboxylic acids is 1. The summed E-state index contributed by atoms with van der Waals surface area (Å²) in [7, 11) is -5.02. The Balaban J connectivity index is 2.37. The lowest BCUT2D eigenvalue weighted by molar-refractivity contribution is -0.220. The third kappa shape index (κ3) is 29.6. The first-order valence-corrected chi connectivity index (χ1v) is 25.0. The molecule has 0 aromatic heterocycles. The monoisotopic (exact) mass is 873 g/mol. The number of unbranched alkanes of at least 4 members (excludes halogenated alkanes) is 19. The number of hydrogen-bond acceptors (Lipinski definition) is 11. The van der Waals surface area contributed by atoms with Crippen molar-refractivity contribution in [1.82, 2.24) is 0 Å². The van der Waals surface area contributed by atoms with E-state index in [0.717, 1.165) is 77.0 Å². The lowest BCUT2D eigenvalue weighted by Crippen LogP contribution is -2.64. The molecule has 0 aromatic rings. The van der Waals surface area contributed by atoms with Crippen LogP contribution in [0.3, 0.4) is 0 Å². The second-order valence-electron chi connectivity index (χ2n) is 16.2. The van der Waals surface area contributed by atoms with Crippen LogP contribution in [0.2, 0.25) is 0 Å². The van der Waals surface area contributed by atoms with Crippen molar-refractivity contribution in [1.29, 1.82) is 0 Å². The highest BCUT2D eigenvalue weighted by Gasteiger charge is 2.51. The van der Waals surface area contributed by atoms with Crippen molar-refractivity contribution in [3.05, 3.63) is 48.6 Å². The second-order valence-corrected chi connectivity index (χ2v) is 17.6. The van der Waals surface area contributed by atoms with Crippen molar-refractivity contribution in [2.45, 2.75) is 224 Å². The number of phosphoric ester groups is 1. The summed E-state index contributed by atoms with van der Waals surface area (Å²) in [6.07, 6.45) is 33.2. The quantitative estimate of drug-likeness (QED) is 0.0149. The summed E-state index contributed by atoms with van der Waals surface area (Å²) < 4.78 is 34.2. The lowest BCUT2D eigenvalue weighted by Gasteiger charge is -2.41. The standard InChI is InChI=1S/C47H85O12P/c1-3-5-7-9-11-13-15-17-18-19-20-21-22-23-24-25-26-28-30-32-34-36-41(48)58-40(38-56-37-35-33-31-29-27-16-14-12-10-8-6-4-2)39-57-60(54,55)59-47-45(52)43(50)42(49)44(51)46(47)53/h5,7,11,13,17-18,20-21,40,42-47,49-53H,3-4,6,8-10,12,14-16,19,22-39H2,1-2H3,(H,54,55)/b7-5-,13-11-,18-17-,21-20-. The Kier molecular flexibility index (Phi) is 35.5. The number of hydrogen-bond donors (Lipinski definition) is 6. The van der Waals surface area contributed by atoms with E-state index in [-0.39, 0.29) is 13.0 Å². The number of esters is 1. The fourth-order valence-electron chi connectivity index (χ4n) is 6.99. The molecule has 1 aliphatic rings. The Labute approximate surface area is 363 Å². The molecule has 6 unspecified atom stereocenters. The predicted octanol–water partition coefficient (Wildman–Crippen LogP) is 9.64. The summed E-state index contributed by atoms with van der Waals surface area (Å²) >= 11 is 0. The van der Waals surface area contributed by atoms with Crippen LogP contribution < -0.4 is 0 Å². The van der Waals surface area contributed by atoms with Crippen molar-refractivity contribution in [3.8, 4) is 0 Å². The van der Waals surface area contributed by atoms with Crippen LogP contribution in [0.5, 0.6) is 0 Å². The van der Waals surface area contributed by atoms with E-state index in [4.69, 9.17) is 18.5 Å². The zero-order chi connectivity index (χ0) is 44.1.